The van der Waals surface area contributed by atoms with E-state index in [2.05, 4.69) is 20.8 Å². The predicted octanol–water partition coefficient (Wildman–Crippen LogP) is 3.98. The molecule has 0 bridgehead atoms. The van der Waals surface area contributed by atoms with Gasteiger partial charge in [-0.2, -0.15) is 0 Å². The van der Waals surface area contributed by atoms with Crippen molar-refractivity contribution in [2.75, 3.05) is 7.11 Å². The van der Waals surface area contributed by atoms with Gasteiger partial charge in [-0.05, 0) is 35.7 Å². The molecule has 2 aromatic rings. The van der Waals surface area contributed by atoms with Crippen LogP contribution < -0.4 is 9.47 Å². The number of ether oxygens (including phenoxy) is 2. The molecule has 2 rings (SSSR count). The van der Waals surface area contributed by atoms with Crippen molar-refractivity contribution in [2.45, 2.75) is 32.8 Å². The van der Waals surface area contributed by atoms with E-state index in [4.69, 9.17) is 13.9 Å². The summed E-state index contributed by atoms with van der Waals surface area (Å²) in [4.78, 5) is 10.6. The van der Waals surface area contributed by atoms with Crippen molar-refractivity contribution < 1.29 is 18.7 Å². The van der Waals surface area contributed by atoms with E-state index in [1.165, 1.54) is 0 Å². The van der Waals surface area contributed by atoms with Gasteiger partial charge in [0, 0.05) is 5.56 Å². The third kappa shape index (κ3) is 3.66. The van der Waals surface area contributed by atoms with Gasteiger partial charge in [0.05, 0.1) is 7.11 Å². The van der Waals surface area contributed by atoms with Crippen molar-refractivity contribution in [3.63, 3.8) is 0 Å². The number of methoxy groups -OCH3 is 1. The molecule has 0 spiro atoms. The van der Waals surface area contributed by atoms with Crippen LogP contribution in [-0.2, 0) is 12.0 Å². The standard InChI is InChI=1S/C17H20O4/c1-17(2,3)15-9-12(19-4)7-8-16(15)20-11-14-6-5-13(10-18)21-14/h5-10H,11H2,1-4H3. The average molecular weight is 288 g/mol. The molecule has 0 amide bonds. The van der Waals surface area contributed by atoms with Crippen LogP contribution in [0.1, 0.15) is 42.6 Å². The quantitative estimate of drug-likeness (QED) is 0.781. The monoisotopic (exact) mass is 288 g/mol. The molecule has 0 saturated carbocycles. The fraction of sp³-hybridized carbons (Fsp3) is 0.353. The number of benzene rings is 1. The summed E-state index contributed by atoms with van der Waals surface area (Å²) in [5, 5.41) is 0. The highest BCUT2D eigenvalue weighted by molar-refractivity contribution is 5.70. The molecule has 0 atom stereocenters. The van der Waals surface area contributed by atoms with Gasteiger partial charge >= 0.3 is 0 Å². The molecule has 0 fully saturated rings. The molecule has 1 heterocycles. The summed E-state index contributed by atoms with van der Waals surface area (Å²) < 4.78 is 16.4. The number of furan rings is 1. The Hall–Kier alpha value is -2.23. The third-order valence-electron chi connectivity index (χ3n) is 3.16. The minimum atomic E-state index is -0.0685. The lowest BCUT2D eigenvalue weighted by Gasteiger charge is -2.23. The summed E-state index contributed by atoms with van der Waals surface area (Å²) in [5.74, 6) is 2.51. The van der Waals surface area contributed by atoms with Crippen LogP contribution in [0.5, 0.6) is 11.5 Å². The second-order valence-corrected chi connectivity index (χ2v) is 5.82. The maximum absolute atomic E-state index is 10.6. The minimum absolute atomic E-state index is 0.0685. The number of carbonyl (C=O) groups is 1. The molecule has 0 aliphatic rings. The predicted molar refractivity (Wildman–Crippen MR) is 80.1 cm³/mol. The van der Waals surface area contributed by atoms with Crippen molar-refractivity contribution in [1.82, 2.24) is 0 Å². The summed E-state index contributed by atoms with van der Waals surface area (Å²) in [6, 6.07) is 9.11. The number of rotatable bonds is 5. The number of hydrogen-bond acceptors (Lipinski definition) is 4. The molecule has 1 aromatic heterocycles. The fourth-order valence-corrected chi connectivity index (χ4v) is 2.03. The van der Waals surface area contributed by atoms with E-state index in [9.17, 15) is 4.79 Å². The average Bonchev–Trinajstić information content (AvgIpc) is 2.92. The summed E-state index contributed by atoms with van der Waals surface area (Å²) in [7, 11) is 1.64. The molecule has 0 N–H and O–H groups in total. The molecular weight excluding hydrogens is 268 g/mol. The first-order valence-electron chi connectivity index (χ1n) is 6.79. The number of hydrogen-bond donors (Lipinski definition) is 0. The Balaban J connectivity index is 2.20. The first-order chi connectivity index (χ1) is 9.94. The van der Waals surface area contributed by atoms with Crippen LogP contribution >= 0.6 is 0 Å². The van der Waals surface area contributed by atoms with Crippen LogP contribution in [0.15, 0.2) is 34.7 Å². The van der Waals surface area contributed by atoms with Gasteiger partial charge < -0.3 is 13.9 Å². The van der Waals surface area contributed by atoms with Crippen LogP contribution in [0, 0.1) is 0 Å². The van der Waals surface area contributed by atoms with Crippen LogP contribution in [0.2, 0.25) is 0 Å². The summed E-state index contributed by atoms with van der Waals surface area (Å²) in [6.45, 7) is 6.63. The van der Waals surface area contributed by atoms with Crippen molar-refractivity contribution >= 4 is 6.29 Å². The molecule has 112 valence electrons. The van der Waals surface area contributed by atoms with Gasteiger partial charge in [0.2, 0.25) is 0 Å². The molecular formula is C17H20O4. The zero-order valence-corrected chi connectivity index (χ0v) is 12.8. The van der Waals surface area contributed by atoms with Gasteiger partial charge in [-0.1, -0.05) is 20.8 Å². The van der Waals surface area contributed by atoms with Gasteiger partial charge in [-0.15, -0.1) is 0 Å². The highest BCUT2D eigenvalue weighted by Gasteiger charge is 2.20. The molecule has 1 aromatic carbocycles. The second-order valence-electron chi connectivity index (χ2n) is 5.82. The van der Waals surface area contributed by atoms with Gasteiger partial charge in [0.25, 0.3) is 0 Å². The van der Waals surface area contributed by atoms with E-state index in [0.717, 1.165) is 17.1 Å². The molecule has 0 saturated heterocycles. The molecule has 4 nitrogen and oxygen atoms in total. The van der Waals surface area contributed by atoms with Gasteiger partial charge in [0.1, 0.15) is 23.9 Å². The highest BCUT2D eigenvalue weighted by atomic mass is 16.5. The zero-order chi connectivity index (χ0) is 15.5. The molecule has 0 aliphatic heterocycles. The number of carbonyl (C=O) groups excluding carboxylic acids is 1. The Kier molecular flexibility index (Phi) is 4.36. The minimum Gasteiger partial charge on any atom is -0.497 e. The van der Waals surface area contributed by atoms with E-state index < -0.39 is 0 Å². The Morgan fingerprint density at radius 2 is 1.95 bits per heavy atom. The van der Waals surface area contributed by atoms with Crippen LogP contribution in [0.3, 0.4) is 0 Å². The Morgan fingerprint density at radius 3 is 2.52 bits per heavy atom. The Bertz CT molecular complexity index is 620. The summed E-state index contributed by atoms with van der Waals surface area (Å²) >= 11 is 0. The van der Waals surface area contributed by atoms with Crippen molar-refractivity contribution in [3.05, 3.63) is 47.4 Å². The molecule has 4 heteroatoms. The van der Waals surface area contributed by atoms with Crippen molar-refractivity contribution in [2.24, 2.45) is 0 Å². The summed E-state index contributed by atoms with van der Waals surface area (Å²) in [5.41, 5.74) is 0.991. The van der Waals surface area contributed by atoms with Crippen LogP contribution in [0.25, 0.3) is 0 Å². The van der Waals surface area contributed by atoms with Crippen LogP contribution in [-0.4, -0.2) is 13.4 Å². The van der Waals surface area contributed by atoms with Crippen molar-refractivity contribution in [3.8, 4) is 11.5 Å². The van der Waals surface area contributed by atoms with E-state index in [1.807, 2.05) is 18.2 Å². The van der Waals surface area contributed by atoms with E-state index >= 15 is 0 Å². The van der Waals surface area contributed by atoms with Gasteiger partial charge in [-0.3, -0.25) is 4.79 Å². The van der Waals surface area contributed by atoms with Gasteiger partial charge in [0.15, 0.2) is 12.0 Å². The first kappa shape index (κ1) is 15.2. The Morgan fingerprint density at radius 1 is 1.19 bits per heavy atom. The fourth-order valence-electron chi connectivity index (χ4n) is 2.03. The van der Waals surface area contributed by atoms with Crippen LogP contribution in [0.4, 0.5) is 0 Å². The lowest BCUT2D eigenvalue weighted by atomic mass is 9.86. The van der Waals surface area contributed by atoms with E-state index in [1.54, 1.807) is 19.2 Å². The summed E-state index contributed by atoms with van der Waals surface area (Å²) in [6.07, 6.45) is 0.678. The largest absolute Gasteiger partial charge is 0.497 e. The topological polar surface area (TPSA) is 48.7 Å². The van der Waals surface area contributed by atoms with Gasteiger partial charge in [-0.25, -0.2) is 0 Å². The normalized spacial score (nSPS) is 11.2. The zero-order valence-electron chi connectivity index (χ0n) is 12.8. The highest BCUT2D eigenvalue weighted by Crippen LogP contribution is 2.34. The molecule has 0 radical (unpaired) electrons. The molecule has 0 unspecified atom stereocenters. The van der Waals surface area contributed by atoms with Crippen molar-refractivity contribution in [1.29, 1.82) is 0 Å². The lowest BCUT2D eigenvalue weighted by Crippen LogP contribution is -2.13. The third-order valence-corrected chi connectivity index (χ3v) is 3.16. The lowest BCUT2D eigenvalue weighted by molar-refractivity contribution is 0.109. The molecule has 0 aliphatic carbocycles. The second kappa shape index (κ2) is 6.04. The Labute approximate surface area is 124 Å². The smallest absolute Gasteiger partial charge is 0.185 e. The SMILES string of the molecule is COc1ccc(OCc2ccc(C=O)o2)c(C(C)(C)C)c1. The number of aldehydes is 1. The maximum Gasteiger partial charge on any atom is 0.185 e. The van der Waals surface area contributed by atoms with E-state index in [0.29, 0.717) is 17.8 Å². The maximum atomic E-state index is 10.6. The van der Waals surface area contributed by atoms with E-state index in [-0.39, 0.29) is 12.0 Å². The first-order valence-corrected chi connectivity index (χ1v) is 6.79. The molecule has 21 heavy (non-hydrogen) atoms.